The number of aromatic amines is 1. The lowest BCUT2D eigenvalue weighted by Crippen LogP contribution is -2.42. The van der Waals surface area contributed by atoms with E-state index in [-0.39, 0.29) is 12.0 Å². The second kappa shape index (κ2) is 6.88. The molecule has 2 N–H and O–H groups in total. The summed E-state index contributed by atoms with van der Waals surface area (Å²) in [4.78, 5) is 14.7. The number of carbonyl (C=O) groups excluding carboxylic acids is 1. The number of rotatable bonds is 3. The highest BCUT2D eigenvalue weighted by Gasteiger charge is 2.29. The highest BCUT2D eigenvalue weighted by atomic mass is 16.5. The normalized spacial score (nSPS) is 18.0. The molecule has 3 heterocycles. The number of benzene rings is 1. The Balaban J connectivity index is 1.36. The van der Waals surface area contributed by atoms with Gasteiger partial charge in [0.15, 0.2) is 5.69 Å². The van der Waals surface area contributed by atoms with Crippen molar-refractivity contribution >= 4 is 5.91 Å². The van der Waals surface area contributed by atoms with Crippen LogP contribution in [0.25, 0.3) is 0 Å². The van der Waals surface area contributed by atoms with Gasteiger partial charge in [0.2, 0.25) is 0 Å². The van der Waals surface area contributed by atoms with Gasteiger partial charge in [0, 0.05) is 56.7 Å². The number of H-pyrrole nitrogens is 1. The van der Waals surface area contributed by atoms with Crippen LogP contribution in [0, 0.1) is 6.92 Å². The molecule has 1 amide bonds. The van der Waals surface area contributed by atoms with Crippen molar-refractivity contribution in [2.24, 2.45) is 0 Å². The van der Waals surface area contributed by atoms with Crippen LogP contribution in [0.2, 0.25) is 0 Å². The van der Waals surface area contributed by atoms with Gasteiger partial charge in [0.05, 0.1) is 0 Å². The fourth-order valence-electron chi connectivity index (χ4n) is 3.54. The standard InChI is InChI=1S/C19H24N4O2/c1-13-2-4-14(5-3-13)25-15-7-10-23(11-8-15)19(24)18-16-12-20-9-6-17(16)21-22-18/h2-5,15,20H,6-12H2,1H3,(H,21,22). The SMILES string of the molecule is Cc1ccc(OC2CCN(C(=O)c3n[nH]c4c3CNCC4)CC2)cc1. The molecule has 2 aliphatic rings. The predicted molar refractivity (Wildman–Crippen MR) is 94.7 cm³/mol. The van der Waals surface area contributed by atoms with E-state index in [9.17, 15) is 4.79 Å². The lowest BCUT2D eigenvalue weighted by molar-refractivity contribution is 0.0589. The Hall–Kier alpha value is -2.34. The molecule has 1 saturated heterocycles. The largest absolute Gasteiger partial charge is 0.490 e. The Bertz CT molecular complexity index is 745. The molecule has 0 atom stereocenters. The minimum atomic E-state index is 0.0370. The number of piperidine rings is 1. The fourth-order valence-corrected chi connectivity index (χ4v) is 3.54. The molecule has 0 bridgehead atoms. The van der Waals surface area contributed by atoms with Gasteiger partial charge in [-0.15, -0.1) is 0 Å². The quantitative estimate of drug-likeness (QED) is 0.897. The van der Waals surface area contributed by atoms with Crippen molar-refractivity contribution in [2.45, 2.75) is 38.8 Å². The third-order valence-corrected chi connectivity index (χ3v) is 5.06. The summed E-state index contributed by atoms with van der Waals surface area (Å²) in [5, 5.41) is 10.6. The summed E-state index contributed by atoms with van der Waals surface area (Å²) in [5.74, 6) is 0.942. The van der Waals surface area contributed by atoms with Crippen LogP contribution >= 0.6 is 0 Å². The van der Waals surface area contributed by atoms with Gasteiger partial charge in [0.25, 0.3) is 5.91 Å². The van der Waals surface area contributed by atoms with Gasteiger partial charge >= 0.3 is 0 Å². The van der Waals surface area contributed by atoms with Gasteiger partial charge in [-0.2, -0.15) is 5.10 Å². The summed E-state index contributed by atoms with van der Waals surface area (Å²) in [7, 11) is 0. The molecule has 0 unspecified atom stereocenters. The summed E-state index contributed by atoms with van der Waals surface area (Å²) in [6, 6.07) is 8.14. The Morgan fingerprint density at radius 2 is 2.00 bits per heavy atom. The monoisotopic (exact) mass is 340 g/mol. The third kappa shape index (κ3) is 3.39. The average Bonchev–Trinajstić information content (AvgIpc) is 3.08. The molecule has 6 heteroatoms. The highest BCUT2D eigenvalue weighted by molar-refractivity contribution is 5.94. The van der Waals surface area contributed by atoms with Crippen LogP contribution in [0.3, 0.4) is 0 Å². The number of amides is 1. The number of ether oxygens (including phenoxy) is 1. The predicted octanol–water partition coefficient (Wildman–Crippen LogP) is 2.05. The van der Waals surface area contributed by atoms with Crippen molar-refractivity contribution in [3.05, 3.63) is 46.8 Å². The minimum absolute atomic E-state index is 0.0370. The first-order valence-electron chi connectivity index (χ1n) is 9.00. The molecule has 132 valence electrons. The number of aryl methyl sites for hydroxylation is 1. The molecule has 2 aliphatic heterocycles. The summed E-state index contributed by atoms with van der Waals surface area (Å²) < 4.78 is 6.05. The molecule has 0 saturated carbocycles. The number of likely N-dealkylation sites (tertiary alicyclic amines) is 1. The van der Waals surface area contributed by atoms with Crippen LogP contribution in [0.1, 0.15) is 40.2 Å². The van der Waals surface area contributed by atoms with E-state index < -0.39 is 0 Å². The Kier molecular flexibility index (Phi) is 4.44. The number of hydrogen-bond donors (Lipinski definition) is 2. The van der Waals surface area contributed by atoms with E-state index in [2.05, 4.69) is 34.6 Å². The zero-order chi connectivity index (χ0) is 17.2. The van der Waals surface area contributed by atoms with Gasteiger partial charge < -0.3 is 15.0 Å². The molecule has 0 radical (unpaired) electrons. The summed E-state index contributed by atoms with van der Waals surface area (Å²) in [6.45, 7) is 5.15. The summed E-state index contributed by atoms with van der Waals surface area (Å²) >= 11 is 0. The topological polar surface area (TPSA) is 70.2 Å². The van der Waals surface area contributed by atoms with Gasteiger partial charge in [-0.3, -0.25) is 9.89 Å². The van der Waals surface area contributed by atoms with E-state index in [0.717, 1.165) is 49.4 Å². The summed E-state index contributed by atoms with van der Waals surface area (Å²) in [6.07, 6.45) is 2.78. The minimum Gasteiger partial charge on any atom is -0.490 e. The molecule has 1 aromatic carbocycles. The fraction of sp³-hybridized carbons (Fsp3) is 0.474. The molecule has 4 rings (SSSR count). The molecule has 6 nitrogen and oxygen atoms in total. The van der Waals surface area contributed by atoms with Crippen LogP contribution in [-0.2, 0) is 13.0 Å². The van der Waals surface area contributed by atoms with Crippen LogP contribution in [0.15, 0.2) is 24.3 Å². The first kappa shape index (κ1) is 16.1. The Morgan fingerprint density at radius 1 is 1.24 bits per heavy atom. The maximum Gasteiger partial charge on any atom is 0.274 e. The molecule has 0 aliphatic carbocycles. The molecule has 1 aromatic heterocycles. The van der Waals surface area contributed by atoms with E-state index in [1.165, 1.54) is 5.56 Å². The first-order valence-corrected chi connectivity index (χ1v) is 9.00. The Labute approximate surface area is 147 Å². The van der Waals surface area contributed by atoms with Crippen molar-refractivity contribution in [2.75, 3.05) is 19.6 Å². The number of aromatic nitrogens is 2. The van der Waals surface area contributed by atoms with E-state index in [4.69, 9.17) is 4.74 Å². The maximum absolute atomic E-state index is 12.8. The van der Waals surface area contributed by atoms with Gasteiger partial charge in [-0.05, 0) is 19.1 Å². The number of hydrogen-bond acceptors (Lipinski definition) is 4. The number of nitrogens with zero attached hydrogens (tertiary/aromatic N) is 2. The van der Waals surface area contributed by atoms with Crippen molar-refractivity contribution in [3.8, 4) is 5.75 Å². The molecule has 1 fully saturated rings. The number of nitrogens with one attached hydrogen (secondary N) is 2. The van der Waals surface area contributed by atoms with E-state index >= 15 is 0 Å². The van der Waals surface area contributed by atoms with Crippen LogP contribution in [0.4, 0.5) is 0 Å². The van der Waals surface area contributed by atoms with Crippen molar-refractivity contribution in [1.29, 1.82) is 0 Å². The van der Waals surface area contributed by atoms with Crippen molar-refractivity contribution in [3.63, 3.8) is 0 Å². The second-order valence-electron chi connectivity index (χ2n) is 6.88. The molecule has 0 spiro atoms. The lowest BCUT2D eigenvalue weighted by atomic mass is 10.0. The lowest BCUT2D eigenvalue weighted by Gasteiger charge is -2.32. The zero-order valence-corrected chi connectivity index (χ0v) is 14.5. The third-order valence-electron chi connectivity index (χ3n) is 5.06. The molecule has 2 aromatic rings. The second-order valence-corrected chi connectivity index (χ2v) is 6.88. The number of carbonyl (C=O) groups is 1. The van der Waals surface area contributed by atoms with Gasteiger partial charge in [-0.1, -0.05) is 17.7 Å². The first-order chi connectivity index (χ1) is 12.2. The maximum atomic E-state index is 12.8. The van der Waals surface area contributed by atoms with E-state index in [1.54, 1.807) is 0 Å². The van der Waals surface area contributed by atoms with Crippen LogP contribution < -0.4 is 10.1 Å². The number of fused-ring (bicyclic) bond motifs is 1. The molecular weight excluding hydrogens is 316 g/mol. The van der Waals surface area contributed by atoms with Crippen molar-refractivity contribution < 1.29 is 9.53 Å². The van der Waals surface area contributed by atoms with Gasteiger partial charge in [-0.25, -0.2) is 0 Å². The van der Waals surface area contributed by atoms with Crippen LogP contribution in [-0.4, -0.2) is 46.7 Å². The Morgan fingerprint density at radius 3 is 2.76 bits per heavy atom. The highest BCUT2D eigenvalue weighted by Crippen LogP contribution is 2.22. The molecular formula is C19H24N4O2. The summed E-state index contributed by atoms with van der Waals surface area (Å²) in [5.41, 5.74) is 3.94. The van der Waals surface area contributed by atoms with Crippen LogP contribution in [0.5, 0.6) is 5.75 Å². The molecule has 25 heavy (non-hydrogen) atoms. The van der Waals surface area contributed by atoms with E-state index in [1.807, 2.05) is 17.0 Å². The average molecular weight is 340 g/mol. The van der Waals surface area contributed by atoms with E-state index in [0.29, 0.717) is 18.8 Å². The van der Waals surface area contributed by atoms with Gasteiger partial charge in [0.1, 0.15) is 11.9 Å². The van der Waals surface area contributed by atoms with Crippen molar-refractivity contribution in [1.82, 2.24) is 20.4 Å². The zero-order valence-electron chi connectivity index (χ0n) is 14.5. The smallest absolute Gasteiger partial charge is 0.274 e.